The molecule has 0 heterocycles. The fourth-order valence-corrected chi connectivity index (χ4v) is 2.36. The zero-order valence-electron chi connectivity index (χ0n) is 10.7. The van der Waals surface area contributed by atoms with E-state index < -0.39 is 23.4 Å². The maximum absolute atomic E-state index is 13.1. The van der Waals surface area contributed by atoms with Gasteiger partial charge in [0.05, 0.1) is 6.04 Å². The van der Waals surface area contributed by atoms with Crippen LogP contribution in [0.15, 0.2) is 42.5 Å². The van der Waals surface area contributed by atoms with E-state index in [2.05, 4.69) is 21.2 Å². The number of benzene rings is 2. The Labute approximate surface area is 128 Å². The van der Waals surface area contributed by atoms with Gasteiger partial charge in [0, 0.05) is 10.9 Å². The molecule has 1 amide bonds. The molecular weight excluding hydrogens is 347 g/mol. The van der Waals surface area contributed by atoms with Gasteiger partial charge in [-0.1, -0.05) is 46.3 Å². The Hall–Kier alpha value is -1.82. The first-order chi connectivity index (χ1) is 10.0. The van der Waals surface area contributed by atoms with E-state index in [1.54, 1.807) is 0 Å². The van der Waals surface area contributed by atoms with Crippen molar-refractivity contribution in [2.45, 2.75) is 6.04 Å². The summed E-state index contributed by atoms with van der Waals surface area (Å²) < 4.78 is 39.2. The predicted molar refractivity (Wildman–Crippen MR) is 76.8 cm³/mol. The molecule has 1 atom stereocenters. The number of carbonyl (C=O) groups excluding carboxylic acids is 1. The van der Waals surface area contributed by atoms with Crippen molar-refractivity contribution in [2.75, 3.05) is 5.33 Å². The molecule has 21 heavy (non-hydrogen) atoms. The molecule has 6 heteroatoms. The van der Waals surface area contributed by atoms with Crippen molar-refractivity contribution in [3.63, 3.8) is 0 Å². The third kappa shape index (κ3) is 3.64. The molecule has 0 bridgehead atoms. The summed E-state index contributed by atoms with van der Waals surface area (Å²) in [6.45, 7) is 0. The monoisotopic (exact) mass is 357 g/mol. The predicted octanol–water partition coefficient (Wildman–Crippen LogP) is 3.97. The second kappa shape index (κ2) is 6.76. The van der Waals surface area contributed by atoms with Gasteiger partial charge in [-0.05, 0) is 17.7 Å². The molecule has 2 nitrogen and oxygen atoms in total. The summed E-state index contributed by atoms with van der Waals surface area (Å²) in [6, 6.07) is 10.1. The van der Waals surface area contributed by atoms with E-state index in [-0.39, 0.29) is 11.6 Å². The van der Waals surface area contributed by atoms with Gasteiger partial charge in [0.25, 0.3) is 5.91 Å². The number of carbonyl (C=O) groups is 1. The molecule has 2 rings (SSSR count). The van der Waals surface area contributed by atoms with Crippen LogP contribution in [0.5, 0.6) is 0 Å². The second-order valence-electron chi connectivity index (χ2n) is 4.34. The fourth-order valence-electron chi connectivity index (χ4n) is 1.82. The van der Waals surface area contributed by atoms with Crippen LogP contribution in [0.3, 0.4) is 0 Å². The van der Waals surface area contributed by atoms with E-state index in [0.29, 0.717) is 17.5 Å². The van der Waals surface area contributed by atoms with Gasteiger partial charge < -0.3 is 5.32 Å². The van der Waals surface area contributed by atoms with E-state index in [0.717, 1.165) is 5.56 Å². The molecule has 0 radical (unpaired) electrons. The summed E-state index contributed by atoms with van der Waals surface area (Å²) in [5.41, 5.74) is 0.569. The SMILES string of the molecule is O=C(NC(CBr)c1ccccc1)c1cc(F)c(F)c(F)c1. The molecule has 0 aliphatic carbocycles. The first-order valence-corrected chi connectivity index (χ1v) is 7.21. The van der Waals surface area contributed by atoms with Gasteiger partial charge in [0.15, 0.2) is 17.5 Å². The van der Waals surface area contributed by atoms with Crippen LogP contribution >= 0.6 is 15.9 Å². The van der Waals surface area contributed by atoms with Crippen LogP contribution in [0.1, 0.15) is 22.0 Å². The van der Waals surface area contributed by atoms with Crippen LogP contribution in [-0.4, -0.2) is 11.2 Å². The first-order valence-electron chi connectivity index (χ1n) is 6.09. The Morgan fingerprint density at radius 2 is 1.67 bits per heavy atom. The number of hydrogen-bond acceptors (Lipinski definition) is 1. The molecule has 2 aromatic carbocycles. The number of hydrogen-bond donors (Lipinski definition) is 1. The summed E-state index contributed by atoms with van der Waals surface area (Å²) in [5, 5.41) is 3.06. The maximum atomic E-state index is 13.1. The highest BCUT2D eigenvalue weighted by molar-refractivity contribution is 9.09. The molecule has 0 spiro atoms. The summed E-state index contributed by atoms with van der Waals surface area (Å²) in [6.07, 6.45) is 0. The molecule has 0 saturated heterocycles. The quantitative estimate of drug-likeness (QED) is 0.651. The molecule has 0 aliphatic heterocycles. The average Bonchev–Trinajstić information content (AvgIpc) is 2.50. The van der Waals surface area contributed by atoms with E-state index in [4.69, 9.17) is 0 Å². The summed E-state index contributed by atoms with van der Waals surface area (Å²) in [4.78, 5) is 12.0. The van der Waals surface area contributed by atoms with Gasteiger partial charge in [-0.3, -0.25) is 4.79 Å². The lowest BCUT2D eigenvalue weighted by molar-refractivity contribution is 0.0939. The van der Waals surface area contributed by atoms with Gasteiger partial charge >= 0.3 is 0 Å². The summed E-state index contributed by atoms with van der Waals surface area (Å²) >= 11 is 3.27. The number of amides is 1. The van der Waals surface area contributed by atoms with Gasteiger partial charge in [-0.15, -0.1) is 0 Å². The van der Waals surface area contributed by atoms with Crippen molar-refractivity contribution in [3.8, 4) is 0 Å². The number of alkyl halides is 1. The largest absolute Gasteiger partial charge is 0.344 e. The molecule has 2 aromatic rings. The Morgan fingerprint density at radius 3 is 2.19 bits per heavy atom. The van der Waals surface area contributed by atoms with Crippen LogP contribution < -0.4 is 5.32 Å². The molecular formula is C15H11BrF3NO. The molecule has 0 fully saturated rings. The molecule has 1 N–H and O–H groups in total. The van der Waals surface area contributed by atoms with Crippen LogP contribution in [0, 0.1) is 17.5 Å². The Kier molecular flexibility index (Phi) is 5.01. The van der Waals surface area contributed by atoms with Crippen molar-refractivity contribution in [1.29, 1.82) is 0 Å². The Morgan fingerprint density at radius 1 is 1.10 bits per heavy atom. The fraction of sp³-hybridized carbons (Fsp3) is 0.133. The Bertz CT molecular complexity index is 626. The van der Waals surface area contributed by atoms with Gasteiger partial charge in [0.1, 0.15) is 0 Å². The van der Waals surface area contributed by atoms with Crippen LogP contribution in [-0.2, 0) is 0 Å². The van der Waals surface area contributed by atoms with Gasteiger partial charge in [-0.25, -0.2) is 13.2 Å². The van der Waals surface area contributed by atoms with Crippen LogP contribution in [0.25, 0.3) is 0 Å². The third-order valence-electron chi connectivity index (χ3n) is 2.91. The Balaban J connectivity index is 2.21. The topological polar surface area (TPSA) is 29.1 Å². The molecule has 110 valence electrons. The highest BCUT2D eigenvalue weighted by atomic mass is 79.9. The summed E-state index contributed by atoms with van der Waals surface area (Å²) in [5.74, 6) is -5.06. The number of halogens is 4. The van der Waals surface area contributed by atoms with Crippen molar-refractivity contribution >= 4 is 21.8 Å². The van der Waals surface area contributed by atoms with Crippen molar-refractivity contribution in [2.24, 2.45) is 0 Å². The highest BCUT2D eigenvalue weighted by Crippen LogP contribution is 2.18. The minimum atomic E-state index is -1.59. The summed E-state index contributed by atoms with van der Waals surface area (Å²) in [7, 11) is 0. The number of rotatable bonds is 4. The normalized spacial score (nSPS) is 12.0. The minimum Gasteiger partial charge on any atom is -0.344 e. The third-order valence-corrected chi connectivity index (χ3v) is 3.56. The zero-order chi connectivity index (χ0) is 15.4. The highest BCUT2D eigenvalue weighted by Gasteiger charge is 2.18. The van der Waals surface area contributed by atoms with E-state index >= 15 is 0 Å². The van der Waals surface area contributed by atoms with Gasteiger partial charge in [0.2, 0.25) is 0 Å². The maximum Gasteiger partial charge on any atom is 0.252 e. The molecule has 0 saturated carbocycles. The lowest BCUT2D eigenvalue weighted by Crippen LogP contribution is -2.29. The van der Waals surface area contributed by atoms with Crippen molar-refractivity contribution < 1.29 is 18.0 Å². The number of nitrogens with one attached hydrogen (secondary N) is 1. The standard InChI is InChI=1S/C15H11BrF3NO/c16-8-13(9-4-2-1-3-5-9)20-15(21)10-6-11(17)14(19)12(18)7-10/h1-7,13H,8H2,(H,20,21). The smallest absolute Gasteiger partial charge is 0.252 e. The van der Waals surface area contributed by atoms with E-state index in [1.807, 2.05) is 30.3 Å². The van der Waals surface area contributed by atoms with E-state index in [9.17, 15) is 18.0 Å². The molecule has 1 unspecified atom stereocenters. The minimum absolute atomic E-state index is 0.270. The molecule has 0 aromatic heterocycles. The average molecular weight is 358 g/mol. The lowest BCUT2D eigenvalue weighted by Gasteiger charge is -2.16. The van der Waals surface area contributed by atoms with Crippen molar-refractivity contribution in [1.82, 2.24) is 5.32 Å². The van der Waals surface area contributed by atoms with E-state index in [1.165, 1.54) is 0 Å². The van der Waals surface area contributed by atoms with Crippen molar-refractivity contribution in [3.05, 3.63) is 71.0 Å². The van der Waals surface area contributed by atoms with Crippen LogP contribution in [0.2, 0.25) is 0 Å². The second-order valence-corrected chi connectivity index (χ2v) is 4.99. The molecule has 0 aliphatic rings. The zero-order valence-corrected chi connectivity index (χ0v) is 12.3. The lowest BCUT2D eigenvalue weighted by atomic mass is 10.1. The van der Waals surface area contributed by atoms with Gasteiger partial charge in [-0.2, -0.15) is 0 Å². The van der Waals surface area contributed by atoms with Crippen LogP contribution in [0.4, 0.5) is 13.2 Å². The first kappa shape index (κ1) is 15.6.